The summed E-state index contributed by atoms with van der Waals surface area (Å²) in [6.07, 6.45) is 1.52. The number of hydrogen-bond acceptors (Lipinski definition) is 7. The van der Waals surface area contributed by atoms with Crippen molar-refractivity contribution in [3.63, 3.8) is 0 Å². The molecule has 0 radical (unpaired) electrons. The molecule has 1 N–H and O–H groups in total. The fourth-order valence-electron chi connectivity index (χ4n) is 3.47. The lowest BCUT2D eigenvalue weighted by atomic mass is 10.1. The summed E-state index contributed by atoms with van der Waals surface area (Å²) in [6.45, 7) is 9.46. The highest BCUT2D eigenvalue weighted by Crippen LogP contribution is 2.24. The number of nitrogens with zero attached hydrogens (tertiary/aromatic N) is 4. The predicted molar refractivity (Wildman–Crippen MR) is 129 cm³/mol. The van der Waals surface area contributed by atoms with Gasteiger partial charge < -0.3 is 4.57 Å². The van der Waals surface area contributed by atoms with E-state index in [4.69, 9.17) is 0 Å². The molecule has 3 rings (SSSR count). The lowest BCUT2D eigenvalue weighted by Gasteiger charge is -2.10. The van der Waals surface area contributed by atoms with Crippen molar-refractivity contribution >= 4 is 38.5 Å². The molecule has 172 valence electrons. The molecule has 0 unspecified atom stereocenters. The van der Waals surface area contributed by atoms with Crippen LogP contribution in [0, 0.1) is 38.0 Å². The average Bonchev–Trinajstić information content (AvgIpc) is 3.29. The second-order valence-electron chi connectivity index (χ2n) is 8.18. The van der Waals surface area contributed by atoms with Crippen LogP contribution >= 0.6 is 11.5 Å². The maximum absolute atomic E-state index is 12.7. The maximum atomic E-state index is 12.7. The van der Waals surface area contributed by atoms with E-state index in [0.29, 0.717) is 0 Å². The molecule has 1 amide bonds. The number of rotatable bonds is 7. The van der Waals surface area contributed by atoms with Gasteiger partial charge in [0.1, 0.15) is 11.6 Å². The molecule has 10 heteroatoms. The number of amides is 1. The van der Waals surface area contributed by atoms with Crippen LogP contribution in [0.2, 0.25) is 0 Å². The Morgan fingerprint density at radius 1 is 1.27 bits per heavy atom. The highest BCUT2D eigenvalue weighted by Gasteiger charge is 2.23. The molecule has 33 heavy (non-hydrogen) atoms. The summed E-state index contributed by atoms with van der Waals surface area (Å²) < 4.78 is 30.5. The molecule has 2 aromatic heterocycles. The summed E-state index contributed by atoms with van der Waals surface area (Å²) in [6, 6.07) is 11.9. The quantitative estimate of drug-likeness (QED) is 0.397. The van der Waals surface area contributed by atoms with E-state index in [2.05, 4.69) is 25.3 Å². The number of carbonyl (C=O) groups is 1. The van der Waals surface area contributed by atoms with Crippen LogP contribution in [0.5, 0.6) is 0 Å². The van der Waals surface area contributed by atoms with Crippen LogP contribution in [0.15, 0.2) is 41.1 Å². The first-order valence-electron chi connectivity index (χ1n) is 10.3. The van der Waals surface area contributed by atoms with Gasteiger partial charge in [-0.3, -0.25) is 10.1 Å². The number of benzene rings is 1. The highest BCUT2D eigenvalue weighted by atomic mass is 32.2. The molecule has 0 aliphatic rings. The zero-order valence-corrected chi connectivity index (χ0v) is 20.7. The molecule has 0 bridgehead atoms. The molecular weight excluding hydrogens is 458 g/mol. The van der Waals surface area contributed by atoms with Crippen LogP contribution in [-0.4, -0.2) is 34.0 Å². The van der Waals surface area contributed by atoms with Gasteiger partial charge >= 0.3 is 0 Å². The molecule has 3 aromatic rings. The number of anilines is 1. The van der Waals surface area contributed by atoms with Gasteiger partial charge in [0.15, 0.2) is 0 Å². The van der Waals surface area contributed by atoms with Crippen LogP contribution in [0.4, 0.5) is 5.13 Å². The number of hydrogen-bond donors (Lipinski definition) is 1. The smallest absolute Gasteiger partial charge is 0.268 e. The molecule has 0 aliphatic heterocycles. The predicted octanol–water partition coefficient (Wildman–Crippen LogP) is 4.23. The van der Waals surface area contributed by atoms with Crippen molar-refractivity contribution in [2.75, 3.05) is 11.1 Å². The fraction of sp³-hybridized carbons (Fsp3) is 0.304. The van der Waals surface area contributed by atoms with Gasteiger partial charge in [0, 0.05) is 28.6 Å². The molecular formula is C23H25N5O3S2. The monoisotopic (exact) mass is 483 g/mol. The molecule has 1 aromatic carbocycles. The first-order chi connectivity index (χ1) is 15.5. The van der Waals surface area contributed by atoms with Gasteiger partial charge in [-0.2, -0.15) is 14.6 Å². The van der Waals surface area contributed by atoms with Gasteiger partial charge in [0.05, 0.1) is 5.75 Å². The van der Waals surface area contributed by atoms with Crippen molar-refractivity contribution in [3.8, 4) is 11.8 Å². The van der Waals surface area contributed by atoms with Gasteiger partial charge in [0.25, 0.3) is 11.1 Å². The van der Waals surface area contributed by atoms with Gasteiger partial charge in [-0.15, -0.1) is 0 Å². The Morgan fingerprint density at radius 2 is 2.00 bits per heavy atom. The van der Waals surface area contributed by atoms with Crippen LogP contribution in [0.1, 0.15) is 36.4 Å². The van der Waals surface area contributed by atoms with Gasteiger partial charge in [-0.1, -0.05) is 26.0 Å². The van der Waals surface area contributed by atoms with Gasteiger partial charge in [-0.05, 0) is 62.1 Å². The SMILES string of the molecule is Cc1cccc(-n2c(C)cc(/C=C(/C#N)C(=O)Nc3nc(S(=O)(=O)CC(C)C)ns3)c2C)c1. The van der Waals surface area contributed by atoms with E-state index >= 15 is 0 Å². The summed E-state index contributed by atoms with van der Waals surface area (Å²) >= 11 is 0.761. The maximum Gasteiger partial charge on any atom is 0.268 e. The van der Waals surface area contributed by atoms with E-state index in [1.807, 2.05) is 51.1 Å². The topological polar surface area (TPSA) is 118 Å². The Morgan fingerprint density at radius 3 is 2.64 bits per heavy atom. The van der Waals surface area contributed by atoms with Crippen molar-refractivity contribution in [3.05, 3.63) is 58.4 Å². The van der Waals surface area contributed by atoms with Crippen molar-refractivity contribution < 1.29 is 13.2 Å². The van der Waals surface area contributed by atoms with E-state index in [-0.39, 0.29) is 27.5 Å². The van der Waals surface area contributed by atoms with E-state index in [9.17, 15) is 18.5 Å². The van der Waals surface area contributed by atoms with E-state index in [1.54, 1.807) is 13.8 Å². The third kappa shape index (κ3) is 5.56. The molecule has 0 aliphatic carbocycles. The minimum absolute atomic E-state index is 0.0220. The minimum Gasteiger partial charge on any atom is -0.318 e. The average molecular weight is 484 g/mol. The molecule has 0 spiro atoms. The summed E-state index contributed by atoms with van der Waals surface area (Å²) in [4.78, 5) is 16.6. The highest BCUT2D eigenvalue weighted by molar-refractivity contribution is 7.91. The van der Waals surface area contributed by atoms with Gasteiger partial charge in [-0.25, -0.2) is 8.42 Å². The van der Waals surface area contributed by atoms with Crippen molar-refractivity contribution in [1.82, 2.24) is 13.9 Å². The van der Waals surface area contributed by atoms with Crippen LogP contribution < -0.4 is 5.32 Å². The lowest BCUT2D eigenvalue weighted by Crippen LogP contribution is -2.15. The Labute approximate surface area is 197 Å². The minimum atomic E-state index is -3.63. The second kappa shape index (κ2) is 9.68. The van der Waals surface area contributed by atoms with Crippen molar-refractivity contribution in [1.29, 1.82) is 5.26 Å². The summed E-state index contributed by atoms with van der Waals surface area (Å²) in [7, 11) is -3.63. The Bertz CT molecular complexity index is 1380. The third-order valence-electron chi connectivity index (χ3n) is 4.85. The van der Waals surface area contributed by atoms with Crippen LogP contribution in [0.25, 0.3) is 11.8 Å². The molecule has 8 nitrogen and oxygen atoms in total. The Balaban J connectivity index is 1.86. The number of carbonyl (C=O) groups excluding carboxylic acids is 1. The zero-order chi connectivity index (χ0) is 24.3. The second-order valence-corrected chi connectivity index (χ2v) is 10.9. The molecule has 2 heterocycles. The lowest BCUT2D eigenvalue weighted by molar-refractivity contribution is -0.112. The first-order valence-corrected chi connectivity index (χ1v) is 12.7. The molecule has 0 atom stereocenters. The van der Waals surface area contributed by atoms with Crippen molar-refractivity contribution in [2.45, 2.75) is 39.8 Å². The van der Waals surface area contributed by atoms with Gasteiger partial charge in [0.2, 0.25) is 15.0 Å². The Kier molecular flexibility index (Phi) is 7.15. The van der Waals surface area contributed by atoms with E-state index in [0.717, 1.165) is 39.7 Å². The molecule has 0 saturated heterocycles. The number of aromatic nitrogens is 3. The molecule has 0 saturated carbocycles. The first kappa shape index (κ1) is 24.4. The summed E-state index contributed by atoms with van der Waals surface area (Å²) in [5, 5.41) is 11.8. The molecule has 0 fully saturated rings. The zero-order valence-electron chi connectivity index (χ0n) is 19.1. The summed E-state index contributed by atoms with van der Waals surface area (Å²) in [5.41, 5.74) is 4.58. The Hall–Kier alpha value is -3.29. The van der Waals surface area contributed by atoms with E-state index in [1.165, 1.54) is 6.08 Å². The normalized spacial score (nSPS) is 12.1. The van der Waals surface area contributed by atoms with E-state index < -0.39 is 15.7 Å². The fourth-order valence-corrected chi connectivity index (χ4v) is 5.82. The number of nitrogens with one attached hydrogen (secondary N) is 1. The standard InChI is InChI=1S/C23H25N5O3S2/c1-14(2)13-33(30,31)23-26-22(32-27-23)25-21(29)19(12-24)11-18-10-16(4)28(17(18)5)20-8-6-7-15(3)9-20/h6-11,14H,13H2,1-5H3,(H,25,26,27,29)/b19-11-. The summed E-state index contributed by atoms with van der Waals surface area (Å²) in [5.74, 6) is -0.845. The number of sulfone groups is 1. The third-order valence-corrected chi connectivity index (χ3v) is 7.44. The largest absolute Gasteiger partial charge is 0.318 e. The number of aryl methyl sites for hydroxylation is 2. The van der Waals surface area contributed by atoms with Crippen LogP contribution in [0.3, 0.4) is 0 Å². The number of nitriles is 1. The van der Waals surface area contributed by atoms with Crippen molar-refractivity contribution in [2.24, 2.45) is 5.92 Å². The van der Waals surface area contributed by atoms with Crippen LogP contribution in [-0.2, 0) is 14.6 Å².